The smallest absolute Gasteiger partial charge is 0.119 e. The van der Waals surface area contributed by atoms with Gasteiger partial charge in [0.15, 0.2) is 0 Å². The van der Waals surface area contributed by atoms with Gasteiger partial charge in [-0.05, 0) is 24.3 Å². The first-order valence-electron chi connectivity index (χ1n) is 12.0. The normalized spacial score (nSPS) is 11.1. The Morgan fingerprint density at radius 1 is 0.486 bits per heavy atom. The Hall–Kier alpha value is -1.76. The molecule has 35 heavy (non-hydrogen) atoms. The van der Waals surface area contributed by atoms with Crippen LogP contribution in [0, 0.1) is 0 Å². The summed E-state index contributed by atoms with van der Waals surface area (Å²) in [6, 6.07) is 7.27. The van der Waals surface area contributed by atoms with Gasteiger partial charge in [-0.2, -0.15) is 0 Å². The zero-order valence-corrected chi connectivity index (χ0v) is 20.9. The highest BCUT2D eigenvalue weighted by Gasteiger charge is 1.96. The van der Waals surface area contributed by atoms with Gasteiger partial charge in [-0.1, -0.05) is 6.08 Å². The van der Waals surface area contributed by atoms with Crippen LogP contribution in [0.3, 0.4) is 0 Å². The van der Waals surface area contributed by atoms with Crippen molar-refractivity contribution in [3.63, 3.8) is 0 Å². The second-order valence-corrected chi connectivity index (χ2v) is 7.07. The van der Waals surface area contributed by atoms with E-state index in [2.05, 4.69) is 6.58 Å². The SMILES string of the molecule is C=CCOCCOCCOCCOCCOCCOCCOCCOCCOc1ccc(N)cc1. The van der Waals surface area contributed by atoms with E-state index in [4.69, 9.17) is 48.4 Å². The summed E-state index contributed by atoms with van der Waals surface area (Å²) in [4.78, 5) is 0. The van der Waals surface area contributed by atoms with Crippen molar-refractivity contribution in [2.24, 2.45) is 0 Å². The van der Waals surface area contributed by atoms with Crippen molar-refractivity contribution in [3.05, 3.63) is 36.9 Å². The first-order valence-corrected chi connectivity index (χ1v) is 12.0. The van der Waals surface area contributed by atoms with Crippen LogP contribution in [-0.2, 0) is 37.9 Å². The number of benzene rings is 1. The summed E-state index contributed by atoms with van der Waals surface area (Å²) in [5, 5.41) is 0. The molecule has 0 atom stereocenters. The molecule has 1 aromatic carbocycles. The maximum atomic E-state index is 5.63. The van der Waals surface area contributed by atoms with Crippen molar-refractivity contribution in [1.82, 2.24) is 0 Å². The fourth-order valence-corrected chi connectivity index (χ4v) is 2.49. The highest BCUT2D eigenvalue weighted by Crippen LogP contribution is 2.12. The number of ether oxygens (including phenoxy) is 9. The number of nitrogen functional groups attached to an aromatic ring is 1. The van der Waals surface area contributed by atoms with Gasteiger partial charge in [0, 0.05) is 5.69 Å². The van der Waals surface area contributed by atoms with Gasteiger partial charge in [0.25, 0.3) is 0 Å². The fraction of sp³-hybridized carbons (Fsp3) is 0.680. The maximum absolute atomic E-state index is 5.63. The van der Waals surface area contributed by atoms with E-state index in [1.54, 1.807) is 18.2 Å². The molecule has 0 unspecified atom stereocenters. The topological polar surface area (TPSA) is 109 Å². The van der Waals surface area contributed by atoms with Gasteiger partial charge in [-0.25, -0.2) is 0 Å². The standard InChI is InChI=1S/C25H43NO9/c1-2-7-27-8-9-28-10-11-29-12-13-30-14-15-31-16-17-32-18-19-33-20-21-34-22-23-35-25-5-3-24(26)4-6-25/h2-6H,1,7-23,26H2. The second kappa shape index (κ2) is 25.3. The number of hydrogen-bond donors (Lipinski definition) is 1. The number of rotatable bonds is 27. The second-order valence-electron chi connectivity index (χ2n) is 7.07. The van der Waals surface area contributed by atoms with E-state index < -0.39 is 0 Å². The van der Waals surface area contributed by atoms with E-state index in [0.29, 0.717) is 118 Å². The lowest BCUT2D eigenvalue weighted by molar-refractivity contribution is -0.0231. The third-order valence-electron chi connectivity index (χ3n) is 4.22. The Kier molecular flexibility index (Phi) is 22.6. The summed E-state index contributed by atoms with van der Waals surface area (Å²) in [6.07, 6.45) is 1.71. The van der Waals surface area contributed by atoms with Crippen molar-refractivity contribution < 1.29 is 42.6 Å². The van der Waals surface area contributed by atoms with E-state index >= 15 is 0 Å². The van der Waals surface area contributed by atoms with Gasteiger partial charge in [-0.15, -0.1) is 6.58 Å². The summed E-state index contributed by atoms with van der Waals surface area (Å²) in [5.41, 5.74) is 6.34. The molecule has 1 aromatic rings. The van der Waals surface area contributed by atoms with Crippen molar-refractivity contribution in [2.45, 2.75) is 0 Å². The zero-order chi connectivity index (χ0) is 25.1. The molecular weight excluding hydrogens is 458 g/mol. The molecule has 10 heteroatoms. The first-order chi connectivity index (χ1) is 17.3. The predicted molar refractivity (Wildman–Crippen MR) is 133 cm³/mol. The Bertz CT molecular complexity index is 575. The van der Waals surface area contributed by atoms with E-state index in [-0.39, 0.29) is 0 Å². The van der Waals surface area contributed by atoms with Crippen molar-refractivity contribution >= 4 is 5.69 Å². The van der Waals surface area contributed by atoms with Gasteiger partial charge in [-0.3, -0.25) is 0 Å². The molecule has 0 fully saturated rings. The first kappa shape index (κ1) is 31.3. The summed E-state index contributed by atoms with van der Waals surface area (Å²) in [7, 11) is 0. The molecule has 0 saturated heterocycles. The number of anilines is 1. The minimum atomic E-state index is 0.481. The number of nitrogens with two attached hydrogens (primary N) is 1. The monoisotopic (exact) mass is 501 g/mol. The molecule has 0 amide bonds. The van der Waals surface area contributed by atoms with Crippen LogP contribution in [0.15, 0.2) is 36.9 Å². The lowest BCUT2D eigenvalue weighted by atomic mass is 10.3. The van der Waals surface area contributed by atoms with Gasteiger partial charge in [0.1, 0.15) is 12.4 Å². The largest absolute Gasteiger partial charge is 0.491 e. The van der Waals surface area contributed by atoms with Crippen LogP contribution < -0.4 is 10.5 Å². The van der Waals surface area contributed by atoms with E-state index in [9.17, 15) is 0 Å². The Labute approximate surface area is 209 Å². The lowest BCUT2D eigenvalue weighted by Crippen LogP contribution is -2.15. The van der Waals surface area contributed by atoms with Crippen LogP contribution in [0.25, 0.3) is 0 Å². The van der Waals surface area contributed by atoms with Crippen molar-refractivity contribution in [2.75, 3.05) is 118 Å². The minimum Gasteiger partial charge on any atom is -0.491 e. The summed E-state index contributed by atoms with van der Waals surface area (Å²) < 4.78 is 48.7. The third kappa shape index (κ3) is 22.4. The van der Waals surface area contributed by atoms with E-state index in [1.165, 1.54) is 0 Å². The summed E-state index contributed by atoms with van der Waals surface area (Å²) in [5.74, 6) is 0.775. The molecule has 202 valence electrons. The predicted octanol–water partition coefficient (Wildman–Crippen LogP) is 1.97. The molecule has 0 aromatic heterocycles. The Balaban J connectivity index is 1.66. The molecule has 1 rings (SSSR count). The highest BCUT2D eigenvalue weighted by molar-refractivity contribution is 5.41. The van der Waals surface area contributed by atoms with Gasteiger partial charge in [0.05, 0.1) is 106 Å². The Morgan fingerprint density at radius 2 is 0.800 bits per heavy atom. The van der Waals surface area contributed by atoms with Crippen LogP contribution in [0.4, 0.5) is 5.69 Å². The van der Waals surface area contributed by atoms with Crippen LogP contribution >= 0.6 is 0 Å². The van der Waals surface area contributed by atoms with Crippen LogP contribution in [0.5, 0.6) is 5.75 Å². The Morgan fingerprint density at radius 3 is 1.14 bits per heavy atom. The molecule has 0 bridgehead atoms. The van der Waals surface area contributed by atoms with Crippen LogP contribution in [-0.4, -0.2) is 112 Å². The maximum Gasteiger partial charge on any atom is 0.119 e. The molecule has 10 nitrogen and oxygen atoms in total. The van der Waals surface area contributed by atoms with Crippen LogP contribution in [0.1, 0.15) is 0 Å². The van der Waals surface area contributed by atoms with E-state index in [1.807, 2.05) is 12.1 Å². The molecule has 0 aliphatic rings. The molecule has 0 radical (unpaired) electrons. The van der Waals surface area contributed by atoms with Crippen molar-refractivity contribution in [1.29, 1.82) is 0 Å². The molecular formula is C25H43NO9. The minimum absolute atomic E-state index is 0.481. The van der Waals surface area contributed by atoms with Gasteiger partial charge in [0.2, 0.25) is 0 Å². The fourth-order valence-electron chi connectivity index (χ4n) is 2.49. The quantitative estimate of drug-likeness (QED) is 0.109. The molecule has 0 saturated carbocycles. The summed E-state index contributed by atoms with van der Waals surface area (Å²) in [6.45, 7) is 12.5. The average Bonchev–Trinajstić information content (AvgIpc) is 2.87. The molecule has 2 N–H and O–H groups in total. The van der Waals surface area contributed by atoms with Crippen molar-refractivity contribution in [3.8, 4) is 5.75 Å². The molecule has 0 heterocycles. The lowest BCUT2D eigenvalue weighted by Gasteiger charge is -2.09. The van der Waals surface area contributed by atoms with Gasteiger partial charge < -0.3 is 48.4 Å². The molecule has 0 aliphatic heterocycles. The van der Waals surface area contributed by atoms with E-state index in [0.717, 1.165) is 5.75 Å². The highest BCUT2D eigenvalue weighted by atomic mass is 16.6. The average molecular weight is 502 g/mol. The third-order valence-corrected chi connectivity index (χ3v) is 4.22. The summed E-state index contributed by atoms with van der Waals surface area (Å²) >= 11 is 0. The van der Waals surface area contributed by atoms with Crippen LogP contribution in [0.2, 0.25) is 0 Å². The molecule has 0 spiro atoms. The number of hydrogen-bond acceptors (Lipinski definition) is 10. The van der Waals surface area contributed by atoms with Gasteiger partial charge >= 0.3 is 0 Å². The zero-order valence-electron chi connectivity index (χ0n) is 20.9. The molecule has 0 aliphatic carbocycles.